The molecule has 0 radical (unpaired) electrons. The van der Waals surface area contributed by atoms with Crippen molar-refractivity contribution in [2.75, 3.05) is 26.4 Å². The average Bonchev–Trinajstić information content (AvgIpc) is 2.73. The van der Waals surface area contributed by atoms with Gasteiger partial charge in [0.2, 0.25) is 0 Å². The van der Waals surface area contributed by atoms with Gasteiger partial charge < -0.3 is 54.3 Å². The number of hydrogen-bond donors (Lipinski definition) is 6. The van der Waals surface area contributed by atoms with Crippen LogP contribution in [0.4, 0.5) is 0 Å². The summed E-state index contributed by atoms with van der Waals surface area (Å²) in [4.78, 5) is 0. The predicted molar refractivity (Wildman–Crippen MR) is 114 cm³/mol. The predicted octanol–water partition coefficient (Wildman–Crippen LogP) is -1.82. The first-order chi connectivity index (χ1) is 15.0. The van der Waals surface area contributed by atoms with Crippen LogP contribution >= 0.6 is 0 Å². The van der Waals surface area contributed by atoms with E-state index in [-0.39, 0.29) is 6.61 Å². The minimum atomic E-state index is -1.53. The van der Waals surface area contributed by atoms with Gasteiger partial charge in [-0.3, -0.25) is 0 Å². The molecule has 0 bridgehead atoms. The summed E-state index contributed by atoms with van der Waals surface area (Å²) < 4.78 is 27.7. The molecular formula is C20H38O11Si. The second kappa shape index (κ2) is 12.3. The maximum Gasteiger partial charge on any atom is 0.187 e. The van der Waals surface area contributed by atoms with Gasteiger partial charge in [-0.1, -0.05) is 25.7 Å². The van der Waals surface area contributed by atoms with Crippen LogP contribution in [0.3, 0.4) is 0 Å². The summed E-state index contributed by atoms with van der Waals surface area (Å²) >= 11 is 0. The summed E-state index contributed by atoms with van der Waals surface area (Å²) in [5.41, 5.74) is 0. The van der Waals surface area contributed by atoms with E-state index in [1.807, 2.05) is 0 Å². The lowest BCUT2D eigenvalue weighted by molar-refractivity contribution is -0.360. The topological polar surface area (TPSA) is 168 Å². The second-order valence-corrected chi connectivity index (χ2v) is 14.9. The van der Waals surface area contributed by atoms with Crippen LogP contribution in [0.1, 0.15) is 0 Å². The van der Waals surface area contributed by atoms with Crippen molar-refractivity contribution in [3.05, 3.63) is 12.7 Å². The third-order valence-corrected chi connectivity index (χ3v) is 7.18. The molecule has 2 aliphatic heterocycles. The van der Waals surface area contributed by atoms with E-state index >= 15 is 0 Å². The van der Waals surface area contributed by atoms with E-state index in [0.717, 1.165) is 6.04 Å². The fourth-order valence-electron chi connectivity index (χ4n) is 3.54. The van der Waals surface area contributed by atoms with Gasteiger partial charge in [-0.05, 0) is 6.04 Å². The highest BCUT2D eigenvalue weighted by Gasteiger charge is 2.51. The van der Waals surface area contributed by atoms with Crippen LogP contribution in [0.2, 0.25) is 25.7 Å². The molecule has 0 amide bonds. The zero-order valence-corrected chi connectivity index (χ0v) is 19.8. The Balaban J connectivity index is 2.08. The van der Waals surface area contributed by atoms with Gasteiger partial charge in [-0.2, -0.15) is 0 Å². The van der Waals surface area contributed by atoms with Crippen LogP contribution in [0.25, 0.3) is 0 Å². The van der Waals surface area contributed by atoms with Crippen LogP contribution < -0.4 is 0 Å². The third kappa shape index (κ3) is 7.01. The van der Waals surface area contributed by atoms with E-state index in [0.29, 0.717) is 6.61 Å². The van der Waals surface area contributed by atoms with E-state index in [2.05, 4.69) is 26.2 Å². The minimum Gasteiger partial charge on any atom is -0.394 e. The molecule has 2 heterocycles. The summed E-state index contributed by atoms with van der Waals surface area (Å²) in [7, 11) is -1.39. The van der Waals surface area contributed by atoms with Crippen molar-refractivity contribution < 1.29 is 54.3 Å². The van der Waals surface area contributed by atoms with Gasteiger partial charge >= 0.3 is 0 Å². The highest BCUT2D eigenvalue weighted by molar-refractivity contribution is 6.76. The van der Waals surface area contributed by atoms with Crippen molar-refractivity contribution in [3.63, 3.8) is 0 Å². The number of aliphatic hydroxyl groups is 6. The van der Waals surface area contributed by atoms with Crippen molar-refractivity contribution in [2.24, 2.45) is 0 Å². The molecule has 2 saturated heterocycles. The number of ether oxygens (including phenoxy) is 5. The zero-order valence-electron chi connectivity index (χ0n) is 18.8. The first-order valence-electron chi connectivity index (χ1n) is 10.8. The van der Waals surface area contributed by atoms with Gasteiger partial charge in [0.25, 0.3) is 0 Å². The van der Waals surface area contributed by atoms with Gasteiger partial charge in [0.05, 0.1) is 19.8 Å². The first kappa shape index (κ1) is 27.8. The molecule has 0 spiro atoms. The Morgan fingerprint density at radius 1 is 0.812 bits per heavy atom. The molecule has 2 aliphatic rings. The maximum atomic E-state index is 10.7. The largest absolute Gasteiger partial charge is 0.394 e. The first-order valence-corrected chi connectivity index (χ1v) is 14.5. The molecule has 6 N–H and O–H groups in total. The van der Waals surface area contributed by atoms with Gasteiger partial charge in [-0.15, -0.1) is 6.58 Å². The summed E-state index contributed by atoms with van der Waals surface area (Å²) in [5.74, 6) is 0. The van der Waals surface area contributed by atoms with Crippen LogP contribution in [-0.2, 0) is 23.7 Å². The Morgan fingerprint density at radius 3 is 2.00 bits per heavy atom. The van der Waals surface area contributed by atoms with E-state index < -0.39 is 82.7 Å². The maximum absolute atomic E-state index is 10.7. The Kier molecular flexibility index (Phi) is 10.7. The minimum absolute atomic E-state index is 0.0211. The van der Waals surface area contributed by atoms with E-state index in [1.165, 1.54) is 6.08 Å². The second-order valence-electron chi connectivity index (χ2n) is 9.28. The van der Waals surface area contributed by atoms with Crippen LogP contribution in [0, 0.1) is 0 Å². The van der Waals surface area contributed by atoms with Gasteiger partial charge in [0, 0.05) is 14.7 Å². The van der Waals surface area contributed by atoms with E-state index in [9.17, 15) is 30.6 Å². The van der Waals surface area contributed by atoms with Gasteiger partial charge in [0.1, 0.15) is 48.8 Å². The van der Waals surface area contributed by atoms with Gasteiger partial charge in [0.15, 0.2) is 12.6 Å². The summed E-state index contributed by atoms with van der Waals surface area (Å²) in [6.07, 6.45) is -11.7. The molecule has 10 atom stereocenters. The number of aliphatic hydroxyl groups excluding tert-OH is 6. The van der Waals surface area contributed by atoms with Gasteiger partial charge in [-0.25, -0.2) is 0 Å². The standard InChI is InChI=1S/C20H38O11Si/c1-5-6-27-18-13(23)11(9-21)29-20(16(18)26)31-17-12(10-22)30-19(15(25)14(17)24)28-7-8-32(2,3)4/h5,11-26H,1,6-10H2,2-4H3/t11-,12-,13+,14-,15-,16-,17+,18+,19+,20+/m1/s1. The molecule has 0 aromatic rings. The number of rotatable bonds is 11. The molecule has 0 aromatic carbocycles. The Morgan fingerprint density at radius 2 is 1.44 bits per heavy atom. The lowest BCUT2D eigenvalue weighted by atomic mass is 9.97. The molecule has 0 saturated carbocycles. The highest BCUT2D eigenvalue weighted by atomic mass is 28.3. The van der Waals surface area contributed by atoms with Crippen molar-refractivity contribution in [3.8, 4) is 0 Å². The van der Waals surface area contributed by atoms with Crippen LogP contribution in [-0.4, -0.2) is 127 Å². The lowest BCUT2D eigenvalue weighted by Crippen LogP contribution is -2.65. The van der Waals surface area contributed by atoms with Crippen LogP contribution in [0.5, 0.6) is 0 Å². The van der Waals surface area contributed by atoms with Crippen molar-refractivity contribution >= 4 is 8.07 Å². The summed E-state index contributed by atoms with van der Waals surface area (Å²) in [6.45, 7) is 9.23. The summed E-state index contributed by atoms with van der Waals surface area (Å²) in [5, 5.41) is 61.3. The Labute approximate surface area is 189 Å². The molecule has 2 fully saturated rings. The molecule has 2 rings (SSSR count). The van der Waals surface area contributed by atoms with E-state index in [1.54, 1.807) is 0 Å². The normalized spacial score (nSPS) is 40.9. The van der Waals surface area contributed by atoms with Crippen LogP contribution in [0.15, 0.2) is 12.7 Å². The van der Waals surface area contributed by atoms with Crippen molar-refractivity contribution in [1.82, 2.24) is 0 Å². The quantitative estimate of drug-likeness (QED) is 0.145. The molecule has 188 valence electrons. The average molecular weight is 483 g/mol. The molecule has 32 heavy (non-hydrogen) atoms. The number of hydrogen-bond acceptors (Lipinski definition) is 11. The fraction of sp³-hybridized carbons (Fsp3) is 0.900. The molecular weight excluding hydrogens is 444 g/mol. The Hall–Kier alpha value is -0.483. The molecule has 0 unspecified atom stereocenters. The molecule has 0 aromatic heterocycles. The monoisotopic (exact) mass is 482 g/mol. The molecule has 11 nitrogen and oxygen atoms in total. The van der Waals surface area contributed by atoms with Crippen molar-refractivity contribution in [2.45, 2.75) is 87.1 Å². The van der Waals surface area contributed by atoms with E-state index in [4.69, 9.17) is 23.7 Å². The zero-order chi connectivity index (χ0) is 24.1. The molecule has 0 aliphatic carbocycles. The highest BCUT2D eigenvalue weighted by Crippen LogP contribution is 2.30. The Bertz CT molecular complexity index is 572. The third-order valence-electron chi connectivity index (χ3n) is 5.47. The molecule has 12 heteroatoms. The lowest BCUT2D eigenvalue weighted by Gasteiger charge is -2.46. The fourth-order valence-corrected chi connectivity index (χ4v) is 4.27. The van der Waals surface area contributed by atoms with Crippen molar-refractivity contribution in [1.29, 1.82) is 0 Å². The SMILES string of the molecule is C=CCO[C@H]1[C@@H](O)[C@@H](CO)O[C@@H](O[C@@H]2[C@H](O)[C@@H](O)[C@@H](OCC[Si](C)(C)C)O[C@@H]2CO)[C@@H]1O. The summed E-state index contributed by atoms with van der Waals surface area (Å²) in [6, 6.07) is 0.818. The smallest absolute Gasteiger partial charge is 0.187 e.